The molecule has 8 heteroatoms. The second-order valence-electron chi connectivity index (χ2n) is 7.88. The summed E-state index contributed by atoms with van der Waals surface area (Å²) in [4.78, 5) is 24.3. The van der Waals surface area contributed by atoms with Crippen molar-refractivity contribution in [1.82, 2.24) is 5.32 Å². The number of amides is 1. The average Bonchev–Trinajstić information content (AvgIpc) is 3.18. The number of anilines is 1. The Morgan fingerprint density at radius 1 is 1.00 bits per heavy atom. The maximum atomic E-state index is 13.4. The first-order chi connectivity index (χ1) is 15.8. The summed E-state index contributed by atoms with van der Waals surface area (Å²) in [6.45, 7) is 2.10. The number of hydrogen-bond acceptors (Lipinski definition) is 5. The van der Waals surface area contributed by atoms with E-state index in [1.54, 1.807) is 42.5 Å². The molecule has 0 bridgehead atoms. The predicted molar refractivity (Wildman–Crippen MR) is 125 cm³/mol. The van der Waals surface area contributed by atoms with Gasteiger partial charge >= 0.3 is 5.97 Å². The van der Waals surface area contributed by atoms with E-state index >= 15 is 0 Å². The highest BCUT2D eigenvalue weighted by Crippen LogP contribution is 2.36. The number of rotatable bonds is 6. The molecule has 0 saturated heterocycles. The van der Waals surface area contributed by atoms with E-state index in [0.29, 0.717) is 17.7 Å². The Kier molecular flexibility index (Phi) is 6.20. The molecule has 3 aromatic rings. The summed E-state index contributed by atoms with van der Waals surface area (Å²) in [5, 5.41) is 2.79. The lowest BCUT2D eigenvalue weighted by Gasteiger charge is -2.24. The first-order valence-corrected chi connectivity index (χ1v) is 11.9. The Morgan fingerprint density at radius 2 is 1.73 bits per heavy atom. The van der Waals surface area contributed by atoms with Crippen molar-refractivity contribution in [2.45, 2.75) is 30.8 Å². The van der Waals surface area contributed by atoms with Crippen molar-refractivity contribution in [2.24, 2.45) is 0 Å². The van der Waals surface area contributed by atoms with Gasteiger partial charge in [0.2, 0.25) is 0 Å². The minimum Gasteiger partial charge on any atom is -0.465 e. The fourth-order valence-corrected chi connectivity index (χ4v) is 5.71. The van der Waals surface area contributed by atoms with Crippen molar-refractivity contribution in [2.75, 3.05) is 11.4 Å². The van der Waals surface area contributed by atoms with E-state index in [1.165, 1.54) is 23.5 Å². The Bertz CT molecular complexity index is 1300. The molecule has 3 aromatic carbocycles. The fourth-order valence-electron chi connectivity index (χ4n) is 3.98. The monoisotopic (exact) mass is 464 g/mol. The van der Waals surface area contributed by atoms with Crippen LogP contribution in [0.5, 0.6) is 0 Å². The molecule has 1 N–H and O–H groups in total. The van der Waals surface area contributed by atoms with Crippen LogP contribution in [0.1, 0.15) is 38.8 Å². The summed E-state index contributed by atoms with van der Waals surface area (Å²) < 4.78 is 33.0. The van der Waals surface area contributed by atoms with Gasteiger partial charge in [-0.1, -0.05) is 36.4 Å². The number of benzene rings is 3. The summed E-state index contributed by atoms with van der Waals surface area (Å²) >= 11 is 0. The highest BCUT2D eigenvalue weighted by Gasteiger charge is 2.36. The van der Waals surface area contributed by atoms with Gasteiger partial charge in [0.05, 0.1) is 23.3 Å². The molecule has 0 unspecified atom stereocenters. The molecule has 0 radical (unpaired) electrons. The van der Waals surface area contributed by atoms with E-state index in [0.717, 1.165) is 11.1 Å². The van der Waals surface area contributed by atoms with E-state index in [4.69, 9.17) is 0 Å². The number of para-hydroxylation sites is 1. The summed E-state index contributed by atoms with van der Waals surface area (Å²) in [5.41, 5.74) is 3.13. The standard InChI is InChI=1S/C25H24N2O5S/c1-17-14-20-6-3-4-9-23(20)27(17)33(30,31)22-8-5-7-21(15-22)24(28)26-16-18-10-12-19(13-11-18)25(29)32-2/h3-13,15,17H,14,16H2,1-2H3,(H,26,28)/t17-/m1/s1. The summed E-state index contributed by atoms with van der Waals surface area (Å²) in [5.74, 6) is -0.822. The van der Waals surface area contributed by atoms with Gasteiger partial charge in [0.15, 0.2) is 0 Å². The van der Waals surface area contributed by atoms with Gasteiger partial charge in [0.25, 0.3) is 15.9 Å². The van der Waals surface area contributed by atoms with Crippen LogP contribution in [0.4, 0.5) is 5.69 Å². The van der Waals surface area contributed by atoms with Gasteiger partial charge in [-0.3, -0.25) is 9.10 Å². The number of methoxy groups -OCH3 is 1. The highest BCUT2D eigenvalue weighted by molar-refractivity contribution is 7.92. The first kappa shape index (κ1) is 22.5. The zero-order chi connectivity index (χ0) is 23.6. The van der Waals surface area contributed by atoms with Gasteiger partial charge in [-0.15, -0.1) is 0 Å². The Hall–Kier alpha value is -3.65. The molecule has 1 amide bonds. The van der Waals surface area contributed by atoms with Crippen LogP contribution in [0.25, 0.3) is 0 Å². The third-order valence-electron chi connectivity index (χ3n) is 5.63. The maximum Gasteiger partial charge on any atom is 0.337 e. The molecule has 1 aliphatic heterocycles. The van der Waals surface area contributed by atoms with E-state index < -0.39 is 16.0 Å². The minimum absolute atomic E-state index is 0.0705. The number of nitrogens with zero attached hydrogens (tertiary/aromatic N) is 1. The number of sulfonamides is 1. The summed E-state index contributed by atoms with van der Waals surface area (Å²) in [6, 6.07) is 20.0. The van der Waals surface area contributed by atoms with Crippen LogP contribution in [0, 0.1) is 0 Å². The molecule has 33 heavy (non-hydrogen) atoms. The van der Waals surface area contributed by atoms with Crippen LogP contribution in [0.3, 0.4) is 0 Å². The van der Waals surface area contributed by atoms with Crippen LogP contribution >= 0.6 is 0 Å². The predicted octanol–water partition coefficient (Wildman–Crippen LogP) is 3.54. The highest BCUT2D eigenvalue weighted by atomic mass is 32.2. The normalized spacial score (nSPS) is 15.1. The number of ether oxygens (including phenoxy) is 1. The van der Waals surface area contributed by atoms with E-state index in [1.807, 2.05) is 25.1 Å². The van der Waals surface area contributed by atoms with Crippen LogP contribution in [0.2, 0.25) is 0 Å². The van der Waals surface area contributed by atoms with Crippen LogP contribution < -0.4 is 9.62 Å². The lowest BCUT2D eigenvalue weighted by Crippen LogP contribution is -2.35. The SMILES string of the molecule is COC(=O)c1ccc(CNC(=O)c2cccc(S(=O)(=O)N3c4ccccc4C[C@H]3C)c2)cc1. The topological polar surface area (TPSA) is 92.8 Å². The van der Waals surface area contributed by atoms with Gasteiger partial charge in [0.1, 0.15) is 0 Å². The van der Waals surface area contributed by atoms with Gasteiger partial charge in [-0.2, -0.15) is 0 Å². The van der Waals surface area contributed by atoms with Crippen LogP contribution in [-0.2, 0) is 27.7 Å². The van der Waals surface area contributed by atoms with Gasteiger partial charge < -0.3 is 10.1 Å². The van der Waals surface area contributed by atoms with Crippen LogP contribution in [0.15, 0.2) is 77.7 Å². The third-order valence-corrected chi connectivity index (χ3v) is 7.55. The molecule has 0 fully saturated rings. The van der Waals surface area contributed by atoms with Crippen LogP contribution in [-0.4, -0.2) is 33.4 Å². The van der Waals surface area contributed by atoms with Gasteiger partial charge in [-0.05, 0) is 60.9 Å². The molecule has 7 nitrogen and oxygen atoms in total. The Labute approximate surface area is 193 Å². The van der Waals surface area contributed by atoms with E-state index in [9.17, 15) is 18.0 Å². The van der Waals surface area contributed by atoms with Crippen molar-refractivity contribution < 1.29 is 22.7 Å². The lowest BCUT2D eigenvalue weighted by atomic mass is 10.1. The van der Waals surface area contributed by atoms with Gasteiger partial charge in [-0.25, -0.2) is 13.2 Å². The Balaban J connectivity index is 1.51. The average molecular weight is 465 g/mol. The molecule has 0 saturated carbocycles. The third kappa shape index (κ3) is 4.47. The molecule has 0 aromatic heterocycles. The molecule has 1 heterocycles. The van der Waals surface area contributed by atoms with Crippen molar-refractivity contribution in [3.63, 3.8) is 0 Å². The quantitative estimate of drug-likeness (QED) is 0.564. The number of esters is 1. The zero-order valence-electron chi connectivity index (χ0n) is 18.3. The number of fused-ring (bicyclic) bond motifs is 1. The number of nitrogens with one attached hydrogen (secondary N) is 1. The fraction of sp³-hybridized carbons (Fsp3) is 0.200. The van der Waals surface area contributed by atoms with E-state index in [2.05, 4.69) is 10.1 Å². The Morgan fingerprint density at radius 3 is 2.45 bits per heavy atom. The largest absolute Gasteiger partial charge is 0.465 e. The first-order valence-electron chi connectivity index (χ1n) is 10.5. The summed E-state index contributed by atoms with van der Waals surface area (Å²) in [7, 11) is -2.52. The molecule has 4 rings (SSSR count). The van der Waals surface area contributed by atoms with Crippen molar-refractivity contribution in [3.8, 4) is 0 Å². The second-order valence-corrected chi connectivity index (χ2v) is 9.70. The molecular weight excluding hydrogens is 440 g/mol. The molecule has 0 aliphatic carbocycles. The molecular formula is C25H24N2O5S. The molecule has 1 atom stereocenters. The number of carbonyl (C=O) groups excluding carboxylic acids is 2. The molecule has 0 spiro atoms. The molecule has 170 valence electrons. The van der Waals surface area contributed by atoms with Gasteiger partial charge in [0, 0.05) is 18.2 Å². The smallest absolute Gasteiger partial charge is 0.337 e. The summed E-state index contributed by atoms with van der Waals surface area (Å²) in [6.07, 6.45) is 0.643. The maximum absolute atomic E-state index is 13.4. The number of hydrogen-bond donors (Lipinski definition) is 1. The zero-order valence-corrected chi connectivity index (χ0v) is 19.1. The molecule has 1 aliphatic rings. The number of carbonyl (C=O) groups is 2. The van der Waals surface area contributed by atoms with E-state index in [-0.39, 0.29) is 29.0 Å². The lowest BCUT2D eigenvalue weighted by molar-refractivity contribution is 0.0600. The minimum atomic E-state index is -3.83. The van der Waals surface area contributed by atoms with Crippen molar-refractivity contribution in [1.29, 1.82) is 0 Å². The van der Waals surface area contributed by atoms with Crippen molar-refractivity contribution >= 4 is 27.6 Å². The second kappa shape index (κ2) is 9.07. The van der Waals surface area contributed by atoms with Crippen molar-refractivity contribution in [3.05, 3.63) is 95.1 Å².